The van der Waals surface area contributed by atoms with Gasteiger partial charge in [0.2, 0.25) is 0 Å². The molecule has 0 bridgehead atoms. The van der Waals surface area contributed by atoms with Crippen molar-refractivity contribution in [2.45, 2.75) is 38.9 Å². The van der Waals surface area contributed by atoms with E-state index in [1.54, 1.807) is 0 Å². The maximum atomic E-state index is 8.84. The lowest BCUT2D eigenvalue weighted by Gasteiger charge is -2.19. The molecule has 1 saturated carbocycles. The Bertz CT molecular complexity index is 95.4. The van der Waals surface area contributed by atoms with E-state index in [0.717, 1.165) is 0 Å². The van der Waals surface area contributed by atoms with Crippen molar-refractivity contribution in [3.8, 4) is 0 Å². The summed E-state index contributed by atoms with van der Waals surface area (Å²) in [5.74, 6) is 0.627. The van der Waals surface area contributed by atoms with Crippen LogP contribution < -0.4 is 0 Å². The normalized spacial score (nSPS) is 24.0. The summed E-state index contributed by atoms with van der Waals surface area (Å²) in [6.07, 6.45) is 3.78. The van der Waals surface area contributed by atoms with Crippen LogP contribution in [0.25, 0.3) is 0 Å². The molecule has 1 rings (SSSR count). The van der Waals surface area contributed by atoms with E-state index in [4.69, 9.17) is 10.2 Å². The molecule has 0 amide bonds. The van der Waals surface area contributed by atoms with Crippen LogP contribution >= 0.6 is 0 Å². The van der Waals surface area contributed by atoms with Crippen LogP contribution in [0, 0.1) is 11.8 Å². The van der Waals surface area contributed by atoms with Gasteiger partial charge in [-0.3, -0.25) is 0 Å². The molecule has 2 nitrogen and oxygen atoms in total. The summed E-state index contributed by atoms with van der Waals surface area (Å²) < 4.78 is 0. The smallest absolute Gasteiger partial charge is 0.154 e. The van der Waals surface area contributed by atoms with Gasteiger partial charge in [-0.15, -0.1) is 0 Å². The third kappa shape index (κ3) is 1.70. The van der Waals surface area contributed by atoms with Gasteiger partial charge in [0.05, 0.1) is 0 Å². The molecule has 0 aliphatic heterocycles. The van der Waals surface area contributed by atoms with Gasteiger partial charge in [0.25, 0.3) is 0 Å². The van der Waals surface area contributed by atoms with Crippen molar-refractivity contribution in [2.24, 2.45) is 11.8 Å². The van der Waals surface area contributed by atoms with E-state index in [0.29, 0.717) is 5.92 Å². The first kappa shape index (κ1) is 8.02. The minimum atomic E-state index is -1.11. The first-order valence-electron chi connectivity index (χ1n) is 4.08. The van der Waals surface area contributed by atoms with E-state index in [9.17, 15) is 0 Å². The predicted molar refractivity (Wildman–Crippen MR) is 39.3 cm³/mol. The Kier molecular flexibility index (Phi) is 2.69. The van der Waals surface area contributed by atoms with Gasteiger partial charge in [-0.25, -0.2) is 0 Å². The van der Waals surface area contributed by atoms with Gasteiger partial charge in [0.1, 0.15) is 0 Å². The Morgan fingerprint density at radius 2 is 1.70 bits per heavy atom. The van der Waals surface area contributed by atoms with Crippen LogP contribution in [0.4, 0.5) is 0 Å². The molecule has 2 N–H and O–H groups in total. The summed E-state index contributed by atoms with van der Waals surface area (Å²) in [5.41, 5.74) is 0. The molecule has 60 valence electrons. The van der Waals surface area contributed by atoms with Crippen LogP contribution in [0.2, 0.25) is 0 Å². The summed E-state index contributed by atoms with van der Waals surface area (Å²) in [7, 11) is 0. The highest BCUT2D eigenvalue weighted by atomic mass is 16.5. The molecule has 0 heterocycles. The molecule has 0 saturated heterocycles. The van der Waals surface area contributed by atoms with Gasteiger partial charge < -0.3 is 10.2 Å². The quantitative estimate of drug-likeness (QED) is 0.570. The van der Waals surface area contributed by atoms with E-state index in [2.05, 4.69) is 0 Å². The van der Waals surface area contributed by atoms with E-state index >= 15 is 0 Å². The maximum absolute atomic E-state index is 8.84. The lowest BCUT2D eigenvalue weighted by molar-refractivity contribution is -0.0936. The fraction of sp³-hybridized carbons (Fsp3) is 1.00. The number of aliphatic hydroxyl groups is 2. The van der Waals surface area contributed by atoms with Gasteiger partial charge >= 0.3 is 0 Å². The average Bonchev–Trinajstić information content (AvgIpc) is 2.36. The molecule has 1 fully saturated rings. The molecule has 0 aromatic heterocycles. The lowest BCUT2D eigenvalue weighted by atomic mass is 9.92. The molecule has 1 aliphatic rings. The van der Waals surface area contributed by atoms with Gasteiger partial charge in [-0.2, -0.15) is 0 Å². The Labute approximate surface area is 61.9 Å². The SMILES string of the molecule is C[C@H](C(O)O)C1CCCC1. The fourth-order valence-electron chi connectivity index (χ4n) is 1.73. The number of hydrogen-bond acceptors (Lipinski definition) is 2. The van der Waals surface area contributed by atoms with Gasteiger partial charge in [0.15, 0.2) is 6.29 Å². The minimum absolute atomic E-state index is 0.0718. The van der Waals surface area contributed by atoms with Crippen molar-refractivity contribution in [3.05, 3.63) is 0 Å². The minimum Gasteiger partial charge on any atom is -0.368 e. The second kappa shape index (κ2) is 3.35. The summed E-state index contributed by atoms with van der Waals surface area (Å²) in [6.45, 7) is 1.92. The molecule has 2 heteroatoms. The topological polar surface area (TPSA) is 40.5 Å². The molecule has 0 radical (unpaired) electrons. The van der Waals surface area contributed by atoms with Crippen LogP contribution in [0.1, 0.15) is 32.6 Å². The molecule has 1 aliphatic carbocycles. The Hall–Kier alpha value is -0.0800. The van der Waals surface area contributed by atoms with Crippen molar-refractivity contribution in [2.75, 3.05) is 0 Å². The average molecular weight is 144 g/mol. The van der Waals surface area contributed by atoms with Gasteiger partial charge in [0, 0.05) is 5.92 Å². The highest BCUT2D eigenvalue weighted by Gasteiger charge is 2.25. The zero-order valence-electron chi connectivity index (χ0n) is 6.45. The predicted octanol–water partition coefficient (Wildman–Crippen LogP) is 1.12. The monoisotopic (exact) mass is 144 g/mol. The van der Waals surface area contributed by atoms with E-state index in [1.165, 1.54) is 25.7 Å². The summed E-state index contributed by atoms with van der Waals surface area (Å²) in [4.78, 5) is 0. The second-order valence-corrected chi connectivity index (χ2v) is 3.32. The molecule has 0 unspecified atom stereocenters. The first-order valence-corrected chi connectivity index (χ1v) is 4.08. The van der Waals surface area contributed by atoms with E-state index in [-0.39, 0.29) is 5.92 Å². The highest BCUT2D eigenvalue weighted by molar-refractivity contribution is 4.73. The van der Waals surface area contributed by atoms with Gasteiger partial charge in [-0.1, -0.05) is 32.6 Å². The maximum Gasteiger partial charge on any atom is 0.154 e. The summed E-state index contributed by atoms with van der Waals surface area (Å²) >= 11 is 0. The fourth-order valence-corrected chi connectivity index (χ4v) is 1.73. The van der Waals surface area contributed by atoms with Crippen LogP contribution in [0.15, 0.2) is 0 Å². The second-order valence-electron chi connectivity index (χ2n) is 3.32. The van der Waals surface area contributed by atoms with E-state index < -0.39 is 6.29 Å². The first-order chi connectivity index (χ1) is 4.72. The van der Waals surface area contributed by atoms with Crippen LogP contribution in [0.3, 0.4) is 0 Å². The number of rotatable bonds is 2. The summed E-state index contributed by atoms with van der Waals surface area (Å²) in [6, 6.07) is 0. The standard InChI is InChI=1S/C8H16O2/c1-6(8(9)10)7-4-2-3-5-7/h6-10H,2-5H2,1H3/t6-/m0/s1. The van der Waals surface area contributed by atoms with Crippen LogP contribution in [0.5, 0.6) is 0 Å². The molecule has 1 atom stereocenters. The lowest BCUT2D eigenvalue weighted by Crippen LogP contribution is -2.22. The zero-order valence-corrected chi connectivity index (χ0v) is 6.45. The van der Waals surface area contributed by atoms with Gasteiger partial charge in [-0.05, 0) is 5.92 Å². The molecule has 0 aromatic rings. The molecular weight excluding hydrogens is 128 g/mol. The van der Waals surface area contributed by atoms with Crippen molar-refractivity contribution in [3.63, 3.8) is 0 Å². The Balaban J connectivity index is 2.32. The number of hydrogen-bond donors (Lipinski definition) is 2. The third-order valence-electron chi connectivity index (χ3n) is 2.61. The van der Waals surface area contributed by atoms with Crippen molar-refractivity contribution >= 4 is 0 Å². The Morgan fingerprint density at radius 3 is 2.10 bits per heavy atom. The van der Waals surface area contributed by atoms with Crippen molar-refractivity contribution in [1.82, 2.24) is 0 Å². The third-order valence-corrected chi connectivity index (χ3v) is 2.61. The molecule has 10 heavy (non-hydrogen) atoms. The van der Waals surface area contributed by atoms with Crippen molar-refractivity contribution in [1.29, 1.82) is 0 Å². The Morgan fingerprint density at radius 1 is 1.20 bits per heavy atom. The van der Waals surface area contributed by atoms with Crippen LogP contribution in [-0.4, -0.2) is 16.5 Å². The van der Waals surface area contributed by atoms with E-state index in [1.807, 2.05) is 6.92 Å². The zero-order chi connectivity index (χ0) is 7.56. The van der Waals surface area contributed by atoms with Crippen molar-refractivity contribution < 1.29 is 10.2 Å². The van der Waals surface area contributed by atoms with Crippen LogP contribution in [-0.2, 0) is 0 Å². The highest BCUT2D eigenvalue weighted by Crippen LogP contribution is 2.32. The summed E-state index contributed by atoms with van der Waals surface area (Å²) in [5, 5.41) is 17.7. The molecule has 0 aromatic carbocycles. The number of aliphatic hydroxyl groups excluding tert-OH is 1. The molecular formula is C8H16O2. The molecule has 0 spiro atoms. The largest absolute Gasteiger partial charge is 0.368 e.